The zero-order valence-electron chi connectivity index (χ0n) is 18.3. The number of aromatic nitrogens is 4. The fraction of sp³-hybridized carbons (Fsp3) is 0.391. The molecule has 8 nitrogen and oxygen atoms in total. The van der Waals surface area contributed by atoms with Gasteiger partial charge in [0, 0.05) is 30.5 Å². The van der Waals surface area contributed by atoms with E-state index in [4.69, 9.17) is 12.2 Å². The maximum atomic E-state index is 11.7. The lowest BCUT2D eigenvalue weighted by atomic mass is 9.78. The van der Waals surface area contributed by atoms with Crippen molar-refractivity contribution in [3.63, 3.8) is 0 Å². The van der Waals surface area contributed by atoms with Gasteiger partial charge in [-0.15, -0.1) is 0 Å². The molecule has 0 spiro atoms. The van der Waals surface area contributed by atoms with E-state index in [0.29, 0.717) is 4.77 Å². The van der Waals surface area contributed by atoms with E-state index in [1.807, 2.05) is 24.3 Å². The highest BCUT2D eigenvalue weighted by Crippen LogP contribution is 2.38. The Morgan fingerprint density at radius 2 is 2.00 bits per heavy atom. The number of carboxylic acids is 1. The van der Waals surface area contributed by atoms with Gasteiger partial charge in [-0.05, 0) is 74.7 Å². The van der Waals surface area contributed by atoms with Crippen LogP contribution in [0.3, 0.4) is 0 Å². The van der Waals surface area contributed by atoms with E-state index < -0.39 is 5.97 Å². The maximum absolute atomic E-state index is 11.7. The molecular weight excluding hydrogens is 424 g/mol. The van der Waals surface area contributed by atoms with Crippen molar-refractivity contribution in [2.24, 2.45) is 5.92 Å². The van der Waals surface area contributed by atoms with Crippen LogP contribution in [0.1, 0.15) is 30.4 Å². The lowest BCUT2D eigenvalue weighted by Gasteiger charge is -2.45. The molecule has 0 radical (unpaired) electrons. The van der Waals surface area contributed by atoms with Gasteiger partial charge >= 0.3 is 5.97 Å². The number of rotatable bonds is 9. The van der Waals surface area contributed by atoms with Crippen LogP contribution in [-0.2, 0) is 4.79 Å². The van der Waals surface area contributed by atoms with Crippen LogP contribution in [-0.4, -0.2) is 50.4 Å². The lowest BCUT2D eigenvalue weighted by molar-refractivity contribution is -0.145. The first kappa shape index (κ1) is 22.0. The predicted octanol–water partition coefficient (Wildman–Crippen LogP) is 4.11. The summed E-state index contributed by atoms with van der Waals surface area (Å²) in [5.41, 5.74) is 5.38. The summed E-state index contributed by atoms with van der Waals surface area (Å²) < 4.78 is 2.02. The van der Waals surface area contributed by atoms with Crippen LogP contribution in [0.5, 0.6) is 0 Å². The van der Waals surface area contributed by atoms with Crippen molar-refractivity contribution in [1.29, 1.82) is 0 Å². The molecule has 3 N–H and O–H groups in total. The second-order valence-corrected chi connectivity index (χ2v) is 8.64. The number of nitrogens with one attached hydrogen (secondary N) is 2. The molecule has 0 amide bonds. The summed E-state index contributed by atoms with van der Waals surface area (Å²) in [4.78, 5) is 14.0. The number of para-hydroxylation sites is 1. The summed E-state index contributed by atoms with van der Waals surface area (Å²) in [6, 6.07) is 14.2. The third-order valence-corrected chi connectivity index (χ3v) is 6.43. The van der Waals surface area contributed by atoms with Gasteiger partial charge in [0.15, 0.2) is 0 Å². The van der Waals surface area contributed by atoms with Crippen molar-refractivity contribution < 1.29 is 9.90 Å². The van der Waals surface area contributed by atoms with E-state index in [1.165, 1.54) is 16.8 Å². The van der Waals surface area contributed by atoms with Crippen LogP contribution in [0.4, 0.5) is 11.4 Å². The number of aryl methyl sites for hydroxylation is 2. The molecule has 4 rings (SSSR count). The van der Waals surface area contributed by atoms with E-state index in [-0.39, 0.29) is 12.0 Å². The van der Waals surface area contributed by atoms with Gasteiger partial charge in [0.25, 0.3) is 0 Å². The van der Waals surface area contributed by atoms with Gasteiger partial charge in [0.2, 0.25) is 4.77 Å². The first-order valence-electron chi connectivity index (χ1n) is 10.9. The Hall–Kier alpha value is -3.20. The molecule has 3 aromatic rings. The van der Waals surface area contributed by atoms with E-state index in [2.05, 4.69) is 57.8 Å². The fourth-order valence-corrected chi connectivity index (χ4v) is 4.64. The molecule has 32 heavy (non-hydrogen) atoms. The molecule has 1 heterocycles. The Bertz CT molecular complexity index is 1140. The normalized spacial score (nSPS) is 17.6. The topological polar surface area (TPSA) is 99.1 Å². The summed E-state index contributed by atoms with van der Waals surface area (Å²) in [6.07, 6.45) is 2.54. The Labute approximate surface area is 192 Å². The van der Waals surface area contributed by atoms with Gasteiger partial charge in [0.1, 0.15) is 0 Å². The van der Waals surface area contributed by atoms with Crippen LogP contribution in [0.15, 0.2) is 42.5 Å². The number of carbonyl (C=O) groups is 1. The van der Waals surface area contributed by atoms with Crippen molar-refractivity contribution in [2.45, 2.75) is 39.2 Å². The van der Waals surface area contributed by atoms with E-state index in [1.54, 1.807) is 4.68 Å². The maximum Gasteiger partial charge on any atom is 0.308 e. The molecule has 1 saturated carbocycles. The monoisotopic (exact) mass is 452 g/mol. The van der Waals surface area contributed by atoms with E-state index in [0.717, 1.165) is 43.7 Å². The molecular formula is C23H28N6O2S. The zero-order chi connectivity index (χ0) is 22.7. The molecule has 0 aliphatic heterocycles. The average molecular weight is 453 g/mol. The Balaban J connectivity index is 1.44. The number of anilines is 2. The van der Waals surface area contributed by atoms with E-state index >= 15 is 0 Å². The average Bonchev–Trinajstić information content (AvgIpc) is 3.15. The highest BCUT2D eigenvalue weighted by atomic mass is 32.1. The highest BCUT2D eigenvalue weighted by molar-refractivity contribution is 7.71. The highest BCUT2D eigenvalue weighted by Gasteiger charge is 2.41. The first-order chi connectivity index (χ1) is 15.5. The van der Waals surface area contributed by atoms with Gasteiger partial charge in [-0.1, -0.05) is 34.6 Å². The van der Waals surface area contributed by atoms with Crippen LogP contribution in [0.2, 0.25) is 0 Å². The van der Waals surface area contributed by atoms with Crippen molar-refractivity contribution in [3.05, 3.63) is 58.4 Å². The summed E-state index contributed by atoms with van der Waals surface area (Å²) in [6.45, 7) is 5.76. The predicted molar refractivity (Wildman–Crippen MR) is 127 cm³/mol. The van der Waals surface area contributed by atoms with Crippen LogP contribution in [0.25, 0.3) is 5.69 Å². The van der Waals surface area contributed by atoms with Crippen LogP contribution >= 0.6 is 12.2 Å². The smallest absolute Gasteiger partial charge is 0.308 e. The van der Waals surface area contributed by atoms with Gasteiger partial charge in [-0.25, -0.2) is 4.68 Å². The minimum Gasteiger partial charge on any atom is -0.481 e. The Morgan fingerprint density at radius 1 is 1.25 bits per heavy atom. The SMILES string of the molecule is Cc1cccc(C)c1N(CCCNc1cccc(-n2[nH]nnc2=S)c1)C1CCC1C(=O)O. The zero-order valence-corrected chi connectivity index (χ0v) is 19.1. The second-order valence-electron chi connectivity index (χ2n) is 8.27. The minimum atomic E-state index is -0.695. The van der Waals surface area contributed by atoms with Gasteiger partial charge in [-0.2, -0.15) is 5.21 Å². The molecule has 0 saturated heterocycles. The number of tetrazole rings is 1. The van der Waals surface area contributed by atoms with Crippen molar-refractivity contribution in [1.82, 2.24) is 20.2 Å². The summed E-state index contributed by atoms with van der Waals surface area (Å²) in [7, 11) is 0. The molecule has 1 fully saturated rings. The summed E-state index contributed by atoms with van der Waals surface area (Å²) in [5.74, 6) is -0.995. The third-order valence-electron chi connectivity index (χ3n) is 6.16. The third kappa shape index (κ3) is 4.52. The largest absolute Gasteiger partial charge is 0.481 e. The van der Waals surface area contributed by atoms with Crippen molar-refractivity contribution in [3.8, 4) is 5.69 Å². The number of hydrogen-bond acceptors (Lipinski definition) is 6. The number of benzene rings is 2. The molecule has 2 aromatic carbocycles. The number of H-pyrrole nitrogens is 1. The molecule has 1 aromatic heterocycles. The number of aromatic amines is 1. The molecule has 9 heteroatoms. The van der Waals surface area contributed by atoms with Crippen molar-refractivity contribution in [2.75, 3.05) is 23.3 Å². The molecule has 1 aliphatic rings. The van der Waals surface area contributed by atoms with Gasteiger partial charge in [0.05, 0.1) is 11.6 Å². The number of nitrogens with zero attached hydrogens (tertiary/aromatic N) is 4. The van der Waals surface area contributed by atoms with Crippen molar-refractivity contribution >= 4 is 29.6 Å². The number of carboxylic acid groups (broad SMARTS) is 1. The Kier molecular flexibility index (Phi) is 6.55. The summed E-state index contributed by atoms with van der Waals surface area (Å²) in [5, 5.41) is 23.4. The van der Waals surface area contributed by atoms with Gasteiger partial charge < -0.3 is 15.3 Å². The van der Waals surface area contributed by atoms with Crippen LogP contribution < -0.4 is 10.2 Å². The molecule has 2 atom stereocenters. The molecule has 2 unspecified atom stereocenters. The number of aliphatic carboxylic acids is 1. The second kappa shape index (κ2) is 9.52. The van der Waals surface area contributed by atoms with E-state index in [9.17, 15) is 9.90 Å². The van der Waals surface area contributed by atoms with Crippen LogP contribution in [0, 0.1) is 24.5 Å². The summed E-state index contributed by atoms with van der Waals surface area (Å²) >= 11 is 5.17. The van der Waals surface area contributed by atoms with Gasteiger partial charge in [-0.3, -0.25) is 4.79 Å². The quantitative estimate of drug-likeness (QED) is 0.332. The minimum absolute atomic E-state index is 0.0466. The molecule has 168 valence electrons. The lowest BCUT2D eigenvalue weighted by Crippen LogP contribution is -2.51. The molecule has 1 aliphatic carbocycles. The standard InChI is InChI=1S/C23H28N6O2S/c1-15-6-3-7-16(2)21(15)28(20-11-10-19(20)22(30)31)13-5-12-24-17-8-4-9-18(14-17)29-23(32)25-26-27-29/h3-4,6-9,14,19-20,24H,5,10-13H2,1-2H3,(H,30,31)(H,25,27,32). The molecule has 0 bridgehead atoms. The first-order valence-corrected chi connectivity index (χ1v) is 11.3. The Morgan fingerprint density at radius 3 is 2.62 bits per heavy atom. The fourth-order valence-electron chi connectivity index (χ4n) is 4.45. The number of hydrogen-bond donors (Lipinski definition) is 3.